The third-order valence-electron chi connectivity index (χ3n) is 1.84. The van der Waals surface area contributed by atoms with Crippen LogP contribution in [0.25, 0.3) is 0 Å². The van der Waals surface area contributed by atoms with Crippen molar-refractivity contribution in [2.45, 2.75) is 26.2 Å². The molecule has 0 aromatic carbocycles. The van der Waals surface area contributed by atoms with Gasteiger partial charge in [0.25, 0.3) is 0 Å². The number of nitrogens with one attached hydrogen (secondary N) is 1. The molecule has 0 aliphatic carbocycles. The minimum absolute atomic E-state index is 0.570. The molecule has 3 nitrogen and oxygen atoms in total. The Morgan fingerprint density at radius 2 is 2.23 bits per heavy atom. The zero-order valence-electron chi connectivity index (χ0n) is 8.68. The first-order valence-electron chi connectivity index (χ1n) is 4.88. The van der Waals surface area contributed by atoms with Crippen molar-refractivity contribution in [1.29, 1.82) is 5.26 Å². The molecular formula is C10H20N2O. The van der Waals surface area contributed by atoms with Gasteiger partial charge >= 0.3 is 0 Å². The lowest BCUT2D eigenvalue weighted by Gasteiger charge is -2.10. The van der Waals surface area contributed by atoms with E-state index in [0.29, 0.717) is 12.3 Å². The number of rotatable bonds is 8. The van der Waals surface area contributed by atoms with Gasteiger partial charge in [-0.05, 0) is 31.8 Å². The fourth-order valence-corrected chi connectivity index (χ4v) is 1.15. The summed E-state index contributed by atoms with van der Waals surface area (Å²) in [6, 6.07) is 2.14. The Balaban J connectivity index is 3.03. The molecule has 76 valence electrons. The first-order valence-corrected chi connectivity index (χ1v) is 4.88. The number of hydrogen-bond acceptors (Lipinski definition) is 3. The standard InChI is InChI=1S/C10H20N2O/c1-10(9-13-2)8-12-7-5-3-4-6-11/h10,12H,3-5,7-9H2,1-2H3. The van der Waals surface area contributed by atoms with Crippen molar-refractivity contribution in [3.63, 3.8) is 0 Å². The fraction of sp³-hybridized carbons (Fsp3) is 0.900. The first-order chi connectivity index (χ1) is 6.31. The first kappa shape index (κ1) is 12.4. The molecule has 0 aliphatic rings. The quantitative estimate of drug-likeness (QED) is 0.582. The van der Waals surface area contributed by atoms with E-state index in [1.165, 1.54) is 0 Å². The lowest BCUT2D eigenvalue weighted by molar-refractivity contribution is 0.158. The SMILES string of the molecule is COCC(C)CNCCCCC#N. The van der Waals surface area contributed by atoms with Gasteiger partial charge in [0, 0.05) is 20.1 Å². The smallest absolute Gasteiger partial charge is 0.0621 e. The maximum absolute atomic E-state index is 8.29. The van der Waals surface area contributed by atoms with Crippen LogP contribution in [0.2, 0.25) is 0 Å². The summed E-state index contributed by atoms with van der Waals surface area (Å²) in [4.78, 5) is 0. The van der Waals surface area contributed by atoms with Crippen LogP contribution in [-0.2, 0) is 4.74 Å². The molecule has 0 spiro atoms. The van der Waals surface area contributed by atoms with Gasteiger partial charge < -0.3 is 10.1 Å². The molecule has 0 rings (SSSR count). The molecule has 0 heterocycles. The summed E-state index contributed by atoms with van der Waals surface area (Å²) >= 11 is 0. The maximum atomic E-state index is 8.29. The van der Waals surface area contributed by atoms with Gasteiger partial charge in [0.05, 0.1) is 6.07 Å². The molecule has 0 aliphatic heterocycles. The summed E-state index contributed by atoms with van der Waals surface area (Å²) in [5.41, 5.74) is 0. The van der Waals surface area contributed by atoms with Crippen molar-refractivity contribution < 1.29 is 4.74 Å². The summed E-state index contributed by atoms with van der Waals surface area (Å²) in [6.07, 6.45) is 2.77. The number of unbranched alkanes of at least 4 members (excludes halogenated alkanes) is 2. The summed E-state index contributed by atoms with van der Waals surface area (Å²) < 4.78 is 5.02. The molecule has 1 N–H and O–H groups in total. The average molecular weight is 184 g/mol. The van der Waals surface area contributed by atoms with Gasteiger partial charge in [0.1, 0.15) is 0 Å². The molecule has 1 unspecified atom stereocenters. The average Bonchev–Trinajstić information content (AvgIpc) is 2.11. The van der Waals surface area contributed by atoms with Gasteiger partial charge in [0.2, 0.25) is 0 Å². The molecule has 0 saturated heterocycles. The maximum Gasteiger partial charge on any atom is 0.0621 e. The van der Waals surface area contributed by atoms with Gasteiger partial charge in [-0.25, -0.2) is 0 Å². The molecule has 0 radical (unpaired) electrons. The predicted octanol–water partition coefficient (Wildman–Crippen LogP) is 1.55. The van der Waals surface area contributed by atoms with Gasteiger partial charge in [-0.15, -0.1) is 0 Å². The Bertz CT molecular complexity index is 142. The number of nitrogens with zero attached hydrogens (tertiary/aromatic N) is 1. The van der Waals surface area contributed by atoms with E-state index in [1.54, 1.807) is 7.11 Å². The van der Waals surface area contributed by atoms with Crippen LogP contribution in [0.1, 0.15) is 26.2 Å². The number of methoxy groups -OCH3 is 1. The van der Waals surface area contributed by atoms with Crippen LogP contribution in [0, 0.1) is 17.2 Å². The molecule has 0 aromatic heterocycles. The number of nitriles is 1. The van der Waals surface area contributed by atoms with E-state index in [4.69, 9.17) is 10.00 Å². The van der Waals surface area contributed by atoms with Gasteiger partial charge in [0.15, 0.2) is 0 Å². The van der Waals surface area contributed by atoms with Crippen LogP contribution in [0.5, 0.6) is 0 Å². The van der Waals surface area contributed by atoms with Crippen LogP contribution >= 0.6 is 0 Å². The van der Waals surface area contributed by atoms with Gasteiger partial charge in [-0.1, -0.05) is 6.92 Å². The second-order valence-corrected chi connectivity index (χ2v) is 3.38. The van der Waals surface area contributed by atoms with Crippen molar-refractivity contribution in [3.8, 4) is 6.07 Å². The Morgan fingerprint density at radius 1 is 1.46 bits per heavy atom. The lowest BCUT2D eigenvalue weighted by Crippen LogP contribution is -2.24. The molecule has 0 saturated carbocycles. The van der Waals surface area contributed by atoms with Crippen LogP contribution < -0.4 is 5.32 Å². The Hall–Kier alpha value is -0.590. The topological polar surface area (TPSA) is 45.0 Å². The van der Waals surface area contributed by atoms with E-state index < -0.39 is 0 Å². The molecule has 0 aromatic rings. The molecule has 0 fully saturated rings. The van der Waals surface area contributed by atoms with Crippen LogP contribution in [0.4, 0.5) is 0 Å². The third kappa shape index (κ3) is 9.32. The largest absolute Gasteiger partial charge is 0.384 e. The van der Waals surface area contributed by atoms with Crippen LogP contribution in [0.15, 0.2) is 0 Å². The highest BCUT2D eigenvalue weighted by Crippen LogP contribution is 1.94. The minimum Gasteiger partial charge on any atom is -0.384 e. The predicted molar refractivity (Wildman–Crippen MR) is 53.4 cm³/mol. The molecule has 3 heteroatoms. The molecule has 0 amide bonds. The second-order valence-electron chi connectivity index (χ2n) is 3.38. The summed E-state index contributed by atoms with van der Waals surface area (Å²) in [7, 11) is 1.73. The van der Waals surface area contributed by atoms with E-state index >= 15 is 0 Å². The van der Waals surface area contributed by atoms with E-state index in [0.717, 1.165) is 32.5 Å². The lowest BCUT2D eigenvalue weighted by atomic mass is 10.2. The minimum atomic E-state index is 0.570. The molecule has 13 heavy (non-hydrogen) atoms. The molecule has 0 bridgehead atoms. The zero-order chi connectivity index (χ0) is 9.94. The molecule has 1 atom stereocenters. The Labute approximate surface area is 81.1 Å². The van der Waals surface area contributed by atoms with Crippen molar-refractivity contribution in [2.75, 3.05) is 26.8 Å². The number of ether oxygens (including phenoxy) is 1. The fourth-order valence-electron chi connectivity index (χ4n) is 1.15. The zero-order valence-corrected chi connectivity index (χ0v) is 8.68. The van der Waals surface area contributed by atoms with Crippen LogP contribution in [-0.4, -0.2) is 26.8 Å². The number of hydrogen-bond donors (Lipinski definition) is 1. The van der Waals surface area contributed by atoms with Crippen molar-refractivity contribution in [3.05, 3.63) is 0 Å². The Kier molecular flexibility index (Phi) is 9.07. The van der Waals surface area contributed by atoms with Gasteiger partial charge in [-0.2, -0.15) is 5.26 Å². The highest BCUT2D eigenvalue weighted by Gasteiger charge is 1.99. The normalized spacial score (nSPS) is 12.4. The second kappa shape index (κ2) is 9.50. The monoisotopic (exact) mass is 184 g/mol. The third-order valence-corrected chi connectivity index (χ3v) is 1.84. The molecular weight excluding hydrogens is 164 g/mol. The van der Waals surface area contributed by atoms with Crippen LogP contribution in [0.3, 0.4) is 0 Å². The summed E-state index contributed by atoms with van der Waals surface area (Å²) in [5.74, 6) is 0.570. The van der Waals surface area contributed by atoms with E-state index in [1.807, 2.05) is 0 Å². The van der Waals surface area contributed by atoms with E-state index in [2.05, 4.69) is 18.3 Å². The Morgan fingerprint density at radius 3 is 2.85 bits per heavy atom. The highest BCUT2D eigenvalue weighted by atomic mass is 16.5. The van der Waals surface area contributed by atoms with E-state index in [-0.39, 0.29) is 0 Å². The van der Waals surface area contributed by atoms with Crippen molar-refractivity contribution >= 4 is 0 Å². The highest BCUT2D eigenvalue weighted by molar-refractivity contribution is 4.68. The summed E-state index contributed by atoms with van der Waals surface area (Å²) in [6.45, 7) is 4.98. The van der Waals surface area contributed by atoms with Gasteiger partial charge in [-0.3, -0.25) is 0 Å². The van der Waals surface area contributed by atoms with Crippen molar-refractivity contribution in [1.82, 2.24) is 5.32 Å². The van der Waals surface area contributed by atoms with E-state index in [9.17, 15) is 0 Å². The van der Waals surface area contributed by atoms with Crippen molar-refractivity contribution in [2.24, 2.45) is 5.92 Å². The summed E-state index contributed by atoms with van der Waals surface area (Å²) in [5, 5.41) is 11.6.